The number of aliphatic carboxylic acids is 1. The van der Waals surface area contributed by atoms with E-state index >= 15 is 0 Å². The molecule has 0 radical (unpaired) electrons. The third kappa shape index (κ3) is 3.65. The standard InChI is InChI=1S/C15H21N3O3/c1-11-9-17(2)13-6-4-3-5-12(13)10-18(11)15(21)16-8-7-14(19)20/h3-6,11H,7-10H2,1-2H3,(H,16,21)(H,19,20). The van der Waals surface area contributed by atoms with Crippen LogP contribution in [0.5, 0.6) is 0 Å². The van der Waals surface area contributed by atoms with Crippen LogP contribution >= 0.6 is 0 Å². The molecule has 2 rings (SSSR count). The Labute approximate surface area is 124 Å². The van der Waals surface area contributed by atoms with Crippen LogP contribution in [0.4, 0.5) is 10.5 Å². The van der Waals surface area contributed by atoms with Crippen molar-refractivity contribution in [1.82, 2.24) is 10.2 Å². The zero-order valence-electron chi connectivity index (χ0n) is 12.4. The summed E-state index contributed by atoms with van der Waals surface area (Å²) in [6, 6.07) is 7.85. The first kappa shape index (κ1) is 15.2. The summed E-state index contributed by atoms with van der Waals surface area (Å²) in [6.45, 7) is 3.41. The highest BCUT2D eigenvalue weighted by Gasteiger charge is 2.26. The minimum Gasteiger partial charge on any atom is -0.481 e. The molecule has 1 aromatic rings. The fourth-order valence-electron chi connectivity index (χ4n) is 2.60. The van der Waals surface area contributed by atoms with E-state index in [1.54, 1.807) is 4.90 Å². The van der Waals surface area contributed by atoms with Crippen LogP contribution in [-0.4, -0.2) is 48.2 Å². The van der Waals surface area contributed by atoms with Crippen molar-refractivity contribution >= 4 is 17.7 Å². The normalized spacial score (nSPS) is 17.9. The summed E-state index contributed by atoms with van der Waals surface area (Å²) in [7, 11) is 2.02. The lowest BCUT2D eigenvalue weighted by molar-refractivity contribution is -0.136. The maximum Gasteiger partial charge on any atom is 0.318 e. The van der Waals surface area contributed by atoms with Crippen LogP contribution in [0.2, 0.25) is 0 Å². The molecular formula is C15H21N3O3. The second-order valence-corrected chi connectivity index (χ2v) is 5.36. The SMILES string of the molecule is CC1CN(C)c2ccccc2CN1C(=O)NCCC(=O)O. The number of anilines is 1. The Kier molecular flexibility index (Phi) is 4.67. The van der Waals surface area contributed by atoms with Crippen molar-refractivity contribution < 1.29 is 14.7 Å². The van der Waals surface area contributed by atoms with Crippen molar-refractivity contribution in [3.8, 4) is 0 Å². The first-order valence-corrected chi connectivity index (χ1v) is 7.04. The van der Waals surface area contributed by atoms with Crippen LogP contribution in [0.25, 0.3) is 0 Å². The van der Waals surface area contributed by atoms with Crippen molar-refractivity contribution in [3.05, 3.63) is 29.8 Å². The lowest BCUT2D eigenvalue weighted by atomic mass is 10.1. The largest absolute Gasteiger partial charge is 0.481 e. The van der Waals surface area contributed by atoms with Gasteiger partial charge in [0.1, 0.15) is 0 Å². The van der Waals surface area contributed by atoms with E-state index in [1.165, 1.54) is 0 Å². The summed E-state index contributed by atoms with van der Waals surface area (Å²) in [6.07, 6.45) is -0.0650. The molecule has 1 aromatic carbocycles. The van der Waals surface area contributed by atoms with Crippen molar-refractivity contribution in [2.75, 3.05) is 25.0 Å². The Hall–Kier alpha value is -2.24. The van der Waals surface area contributed by atoms with E-state index in [0.29, 0.717) is 6.54 Å². The van der Waals surface area contributed by atoms with Crippen LogP contribution in [0.1, 0.15) is 18.9 Å². The van der Waals surface area contributed by atoms with Crippen molar-refractivity contribution in [3.63, 3.8) is 0 Å². The Bertz CT molecular complexity index is 533. The molecule has 1 atom stereocenters. The quantitative estimate of drug-likeness (QED) is 0.885. The number of para-hydroxylation sites is 1. The Morgan fingerprint density at radius 2 is 2.10 bits per heavy atom. The number of amides is 2. The van der Waals surface area contributed by atoms with E-state index in [9.17, 15) is 9.59 Å². The smallest absolute Gasteiger partial charge is 0.318 e. The molecule has 6 heteroatoms. The number of carboxylic acids is 1. The molecule has 1 heterocycles. The second-order valence-electron chi connectivity index (χ2n) is 5.36. The zero-order valence-corrected chi connectivity index (χ0v) is 12.4. The number of carboxylic acid groups (broad SMARTS) is 1. The van der Waals surface area contributed by atoms with Crippen LogP contribution < -0.4 is 10.2 Å². The number of carbonyl (C=O) groups is 2. The van der Waals surface area contributed by atoms with Gasteiger partial charge in [-0.15, -0.1) is 0 Å². The van der Waals surface area contributed by atoms with Gasteiger partial charge in [0.2, 0.25) is 0 Å². The number of nitrogens with one attached hydrogen (secondary N) is 1. The monoisotopic (exact) mass is 291 g/mol. The van der Waals surface area contributed by atoms with Gasteiger partial charge in [-0.1, -0.05) is 18.2 Å². The fraction of sp³-hybridized carbons (Fsp3) is 0.467. The second kappa shape index (κ2) is 6.47. The minimum atomic E-state index is -0.913. The molecule has 0 saturated heterocycles. The van der Waals surface area contributed by atoms with Crippen molar-refractivity contribution in [2.24, 2.45) is 0 Å². The molecule has 0 bridgehead atoms. The topological polar surface area (TPSA) is 72.9 Å². The van der Waals surface area contributed by atoms with Gasteiger partial charge in [0, 0.05) is 38.4 Å². The molecule has 0 fully saturated rings. The molecule has 0 saturated carbocycles. The predicted molar refractivity (Wildman–Crippen MR) is 80.4 cm³/mol. The summed E-state index contributed by atoms with van der Waals surface area (Å²) >= 11 is 0. The van der Waals surface area contributed by atoms with Gasteiger partial charge in [-0.3, -0.25) is 4.79 Å². The highest BCUT2D eigenvalue weighted by atomic mass is 16.4. The number of nitrogens with zero attached hydrogens (tertiary/aromatic N) is 2. The van der Waals surface area contributed by atoms with Gasteiger partial charge in [-0.25, -0.2) is 4.79 Å². The zero-order chi connectivity index (χ0) is 15.4. The maximum atomic E-state index is 12.3. The summed E-state index contributed by atoms with van der Waals surface area (Å²) < 4.78 is 0. The Morgan fingerprint density at radius 3 is 2.81 bits per heavy atom. The average molecular weight is 291 g/mol. The lowest BCUT2D eigenvalue weighted by Crippen LogP contribution is -2.47. The Balaban J connectivity index is 2.09. The van der Waals surface area contributed by atoms with Gasteiger partial charge in [0.15, 0.2) is 0 Å². The van der Waals surface area contributed by atoms with E-state index in [1.807, 2.05) is 38.2 Å². The molecule has 114 valence electrons. The van der Waals surface area contributed by atoms with E-state index < -0.39 is 5.97 Å². The Morgan fingerprint density at radius 1 is 1.38 bits per heavy atom. The van der Waals surface area contributed by atoms with Gasteiger partial charge >= 0.3 is 12.0 Å². The lowest BCUT2D eigenvalue weighted by Gasteiger charge is -2.28. The maximum absolute atomic E-state index is 12.3. The number of carbonyl (C=O) groups excluding carboxylic acids is 1. The average Bonchev–Trinajstić information content (AvgIpc) is 2.56. The van der Waals surface area contributed by atoms with Gasteiger partial charge in [-0.2, -0.15) is 0 Å². The van der Waals surface area contributed by atoms with Crippen LogP contribution in [0, 0.1) is 0 Å². The van der Waals surface area contributed by atoms with Gasteiger partial charge in [0.05, 0.1) is 6.42 Å². The number of hydrogen-bond donors (Lipinski definition) is 2. The molecule has 6 nitrogen and oxygen atoms in total. The number of rotatable bonds is 3. The first-order valence-electron chi connectivity index (χ1n) is 7.04. The van der Waals surface area contributed by atoms with Crippen LogP contribution in [-0.2, 0) is 11.3 Å². The molecule has 2 amide bonds. The molecule has 0 spiro atoms. The summed E-state index contributed by atoms with van der Waals surface area (Å²) in [5.74, 6) is -0.913. The molecule has 1 aliphatic rings. The summed E-state index contributed by atoms with van der Waals surface area (Å²) in [4.78, 5) is 26.7. The van der Waals surface area contributed by atoms with Crippen LogP contribution in [0.15, 0.2) is 24.3 Å². The van der Waals surface area contributed by atoms with Gasteiger partial charge in [-0.05, 0) is 18.6 Å². The number of urea groups is 1. The molecular weight excluding hydrogens is 270 g/mol. The van der Waals surface area contributed by atoms with E-state index in [-0.39, 0.29) is 25.0 Å². The van der Waals surface area contributed by atoms with Crippen LogP contribution in [0.3, 0.4) is 0 Å². The first-order chi connectivity index (χ1) is 9.99. The highest BCUT2D eigenvalue weighted by Crippen LogP contribution is 2.25. The number of likely N-dealkylation sites (N-methyl/N-ethyl adjacent to an activating group) is 1. The third-order valence-corrected chi connectivity index (χ3v) is 3.69. The molecule has 2 N–H and O–H groups in total. The number of fused-ring (bicyclic) bond motifs is 1. The number of hydrogen-bond acceptors (Lipinski definition) is 3. The molecule has 0 aromatic heterocycles. The third-order valence-electron chi connectivity index (χ3n) is 3.69. The molecule has 1 unspecified atom stereocenters. The predicted octanol–water partition coefficient (Wildman–Crippen LogP) is 1.51. The molecule has 1 aliphatic heterocycles. The van der Waals surface area contributed by atoms with Crippen molar-refractivity contribution in [2.45, 2.75) is 25.9 Å². The van der Waals surface area contributed by atoms with Gasteiger partial charge < -0.3 is 20.2 Å². The highest BCUT2D eigenvalue weighted by molar-refractivity contribution is 5.76. The molecule has 21 heavy (non-hydrogen) atoms. The van der Waals surface area contributed by atoms with Gasteiger partial charge in [0.25, 0.3) is 0 Å². The van der Waals surface area contributed by atoms with E-state index in [2.05, 4.69) is 10.2 Å². The molecule has 0 aliphatic carbocycles. The van der Waals surface area contributed by atoms with E-state index in [0.717, 1.165) is 17.8 Å². The summed E-state index contributed by atoms with van der Waals surface area (Å²) in [5, 5.41) is 11.3. The minimum absolute atomic E-state index is 0.0484. The fourth-order valence-corrected chi connectivity index (χ4v) is 2.60. The summed E-state index contributed by atoms with van der Waals surface area (Å²) in [5.41, 5.74) is 2.22. The number of benzene rings is 1. The van der Waals surface area contributed by atoms with Crippen molar-refractivity contribution in [1.29, 1.82) is 0 Å². The van der Waals surface area contributed by atoms with E-state index in [4.69, 9.17) is 5.11 Å².